The number of benzene rings is 1. The molecule has 0 bridgehead atoms. The summed E-state index contributed by atoms with van der Waals surface area (Å²) in [4.78, 5) is 12.0. The summed E-state index contributed by atoms with van der Waals surface area (Å²) in [5.74, 6) is -2.76. The van der Waals surface area contributed by atoms with Crippen LogP contribution in [0.2, 0.25) is 0 Å². The molecule has 0 saturated carbocycles. The van der Waals surface area contributed by atoms with Gasteiger partial charge in [-0.3, -0.25) is 4.79 Å². The second-order valence-electron chi connectivity index (χ2n) is 4.13. The van der Waals surface area contributed by atoms with E-state index in [9.17, 15) is 35.5 Å². The summed E-state index contributed by atoms with van der Waals surface area (Å²) in [6, 6.07) is 1.01. The molecule has 1 rings (SSSR count). The zero-order chi connectivity index (χ0) is 16.4. The van der Waals surface area contributed by atoms with E-state index in [1.54, 1.807) is 0 Å². The molecule has 21 heavy (non-hydrogen) atoms. The van der Waals surface area contributed by atoms with E-state index in [4.69, 9.17) is 0 Å². The van der Waals surface area contributed by atoms with Crippen molar-refractivity contribution in [2.45, 2.75) is 19.3 Å². The molecule has 1 aromatic carbocycles. The van der Waals surface area contributed by atoms with Crippen molar-refractivity contribution in [1.29, 1.82) is 0 Å². The Bertz CT molecular complexity index is 521. The van der Waals surface area contributed by atoms with Gasteiger partial charge in [0.2, 0.25) is 0 Å². The minimum Gasteiger partial charge on any atom is -0.330 e. The van der Waals surface area contributed by atoms with Gasteiger partial charge in [-0.15, -0.1) is 0 Å². The fraction of sp³-hybridized carbons (Fsp3) is 0.417. The van der Waals surface area contributed by atoms with E-state index in [0.717, 1.165) is 0 Å². The van der Waals surface area contributed by atoms with Gasteiger partial charge in [0.25, 0.3) is 5.91 Å². The average molecular weight is 317 g/mol. The number of alkyl halides is 6. The first-order valence-electron chi connectivity index (χ1n) is 5.68. The maximum atomic E-state index is 13.4. The van der Waals surface area contributed by atoms with Gasteiger partial charge in [0, 0.05) is 6.54 Å². The molecule has 0 aliphatic rings. The molecule has 0 fully saturated rings. The molecule has 0 aliphatic heterocycles. The van der Waals surface area contributed by atoms with Crippen LogP contribution in [0.4, 0.5) is 30.7 Å². The lowest BCUT2D eigenvalue weighted by Crippen LogP contribution is -2.39. The number of carbonyl (C=O) groups excluding carboxylic acids is 1. The third-order valence-corrected chi connectivity index (χ3v) is 2.56. The van der Waals surface area contributed by atoms with Crippen molar-refractivity contribution in [3.63, 3.8) is 0 Å². The van der Waals surface area contributed by atoms with Gasteiger partial charge in [-0.25, -0.2) is 4.39 Å². The smallest absolute Gasteiger partial charge is 0.330 e. The number of rotatable bonds is 3. The number of halogens is 7. The number of hydrogen-bond acceptors (Lipinski definition) is 1. The highest BCUT2D eigenvalue weighted by molar-refractivity contribution is 5.94. The summed E-state index contributed by atoms with van der Waals surface area (Å²) in [6.45, 7) is -0.888. The van der Waals surface area contributed by atoms with Crippen LogP contribution in [0, 0.1) is 5.82 Å². The van der Waals surface area contributed by atoms with Gasteiger partial charge in [-0.05, 0) is 25.1 Å². The summed E-state index contributed by atoms with van der Waals surface area (Å²) >= 11 is 0. The number of nitrogens with zero attached hydrogens (tertiary/aromatic N) is 1. The summed E-state index contributed by atoms with van der Waals surface area (Å²) in [6.07, 6.45) is -9.56. The van der Waals surface area contributed by atoms with Crippen molar-refractivity contribution in [3.05, 3.63) is 35.1 Å². The number of amides is 1. The topological polar surface area (TPSA) is 20.3 Å². The van der Waals surface area contributed by atoms with Crippen LogP contribution in [0.3, 0.4) is 0 Å². The first-order valence-corrected chi connectivity index (χ1v) is 5.68. The Balaban J connectivity index is 3.16. The maximum Gasteiger partial charge on any atom is 0.416 e. The van der Waals surface area contributed by atoms with Crippen LogP contribution in [0.25, 0.3) is 0 Å². The summed E-state index contributed by atoms with van der Waals surface area (Å²) in [7, 11) is 0. The van der Waals surface area contributed by atoms with Crippen molar-refractivity contribution < 1.29 is 35.5 Å². The van der Waals surface area contributed by atoms with Gasteiger partial charge >= 0.3 is 12.4 Å². The molecule has 0 spiro atoms. The van der Waals surface area contributed by atoms with Crippen LogP contribution in [0.15, 0.2) is 18.2 Å². The van der Waals surface area contributed by atoms with Crippen LogP contribution in [0.1, 0.15) is 22.8 Å². The molecule has 0 atom stereocenters. The lowest BCUT2D eigenvalue weighted by molar-refractivity contribution is -0.141. The Morgan fingerprint density at radius 1 is 1.14 bits per heavy atom. The molecular formula is C12H10F7NO. The molecule has 2 nitrogen and oxygen atoms in total. The van der Waals surface area contributed by atoms with Gasteiger partial charge < -0.3 is 4.90 Å². The fourth-order valence-electron chi connectivity index (χ4n) is 1.58. The van der Waals surface area contributed by atoms with Crippen LogP contribution >= 0.6 is 0 Å². The van der Waals surface area contributed by atoms with Crippen LogP contribution < -0.4 is 0 Å². The van der Waals surface area contributed by atoms with Gasteiger partial charge in [0.05, 0.1) is 11.1 Å². The molecule has 0 aromatic heterocycles. The zero-order valence-corrected chi connectivity index (χ0v) is 10.6. The van der Waals surface area contributed by atoms with E-state index in [2.05, 4.69) is 0 Å². The van der Waals surface area contributed by atoms with Crippen molar-refractivity contribution in [2.24, 2.45) is 0 Å². The molecule has 1 aromatic rings. The van der Waals surface area contributed by atoms with Crippen molar-refractivity contribution in [2.75, 3.05) is 13.1 Å². The van der Waals surface area contributed by atoms with E-state index in [0.29, 0.717) is 12.1 Å². The first-order chi connectivity index (χ1) is 9.45. The third-order valence-electron chi connectivity index (χ3n) is 2.56. The van der Waals surface area contributed by atoms with Crippen molar-refractivity contribution >= 4 is 5.91 Å². The zero-order valence-electron chi connectivity index (χ0n) is 10.6. The summed E-state index contributed by atoms with van der Waals surface area (Å²) < 4.78 is 87.7. The van der Waals surface area contributed by atoms with Crippen molar-refractivity contribution in [1.82, 2.24) is 4.90 Å². The predicted octanol–water partition coefficient (Wildman–Crippen LogP) is 3.87. The summed E-state index contributed by atoms with van der Waals surface area (Å²) in [5, 5.41) is 0. The van der Waals surface area contributed by atoms with E-state index < -0.39 is 48.3 Å². The molecule has 0 radical (unpaired) electrons. The molecular weight excluding hydrogens is 307 g/mol. The quantitative estimate of drug-likeness (QED) is 0.775. The second-order valence-corrected chi connectivity index (χ2v) is 4.13. The SMILES string of the molecule is CCN(CC(F)(F)F)C(=O)c1cc(C(F)(F)F)ccc1F. The monoisotopic (exact) mass is 317 g/mol. The minimum atomic E-state index is -4.83. The highest BCUT2D eigenvalue weighted by Gasteiger charge is 2.35. The van der Waals surface area contributed by atoms with Crippen molar-refractivity contribution in [3.8, 4) is 0 Å². The fourth-order valence-corrected chi connectivity index (χ4v) is 1.58. The highest BCUT2D eigenvalue weighted by Crippen LogP contribution is 2.31. The summed E-state index contributed by atoms with van der Waals surface area (Å²) in [5.41, 5.74) is -2.36. The Hall–Kier alpha value is -1.80. The van der Waals surface area contributed by atoms with E-state index >= 15 is 0 Å². The minimum absolute atomic E-state index is 0.205. The van der Waals surface area contributed by atoms with Gasteiger partial charge in [-0.1, -0.05) is 0 Å². The second kappa shape index (κ2) is 5.90. The van der Waals surface area contributed by atoms with Crippen LogP contribution in [-0.2, 0) is 6.18 Å². The highest BCUT2D eigenvalue weighted by atomic mass is 19.4. The Morgan fingerprint density at radius 3 is 2.14 bits per heavy atom. The molecule has 118 valence electrons. The molecule has 1 amide bonds. The molecule has 0 saturated heterocycles. The Labute approximate surface area is 115 Å². The van der Waals surface area contributed by atoms with Crippen LogP contribution in [-0.4, -0.2) is 30.1 Å². The lowest BCUT2D eigenvalue weighted by Gasteiger charge is -2.23. The van der Waals surface area contributed by atoms with E-state index in [-0.39, 0.29) is 11.0 Å². The number of hydrogen-bond donors (Lipinski definition) is 0. The standard InChI is InChI=1S/C12H10F7NO/c1-2-20(6-11(14,15)16)10(21)8-5-7(12(17,18)19)3-4-9(8)13/h3-5H,2,6H2,1H3. The molecule has 0 aliphatic carbocycles. The van der Waals surface area contributed by atoms with Gasteiger partial charge in [0.1, 0.15) is 12.4 Å². The largest absolute Gasteiger partial charge is 0.416 e. The van der Waals surface area contributed by atoms with E-state index in [1.165, 1.54) is 6.92 Å². The Kier molecular flexibility index (Phi) is 4.85. The van der Waals surface area contributed by atoms with Gasteiger partial charge in [0.15, 0.2) is 0 Å². The average Bonchev–Trinajstić information content (AvgIpc) is 2.33. The third kappa shape index (κ3) is 4.61. The molecule has 0 heterocycles. The van der Waals surface area contributed by atoms with Gasteiger partial charge in [-0.2, -0.15) is 26.3 Å². The number of carbonyl (C=O) groups is 1. The molecule has 0 N–H and O–H groups in total. The van der Waals surface area contributed by atoms with E-state index in [1.807, 2.05) is 0 Å². The normalized spacial score (nSPS) is 12.4. The maximum absolute atomic E-state index is 13.4. The molecule has 0 unspecified atom stereocenters. The lowest BCUT2D eigenvalue weighted by atomic mass is 10.1. The van der Waals surface area contributed by atoms with Crippen LogP contribution in [0.5, 0.6) is 0 Å². The predicted molar refractivity (Wildman–Crippen MR) is 59.0 cm³/mol. The molecule has 9 heteroatoms. The first kappa shape index (κ1) is 17.3. The Morgan fingerprint density at radius 2 is 1.71 bits per heavy atom.